The molecule has 18 heavy (non-hydrogen) atoms. The summed E-state index contributed by atoms with van der Waals surface area (Å²) in [5.41, 5.74) is 1.07. The van der Waals surface area contributed by atoms with Crippen molar-refractivity contribution < 1.29 is 13.8 Å². The van der Waals surface area contributed by atoms with Gasteiger partial charge >= 0.3 is 0 Å². The van der Waals surface area contributed by atoms with Gasteiger partial charge in [0.15, 0.2) is 8.38 Å². The molecule has 1 heterocycles. The van der Waals surface area contributed by atoms with E-state index in [0.717, 1.165) is 19.4 Å². The largest absolute Gasteiger partial charge is 0.371 e. The van der Waals surface area contributed by atoms with Crippen LogP contribution in [0.1, 0.15) is 19.8 Å². The number of nitrogens with zero attached hydrogens (tertiary/aromatic N) is 1. The Kier molecular flexibility index (Phi) is 4.40. The fourth-order valence-corrected chi connectivity index (χ4v) is 3.85. The summed E-state index contributed by atoms with van der Waals surface area (Å²) in [6, 6.07) is 0. The van der Waals surface area contributed by atoms with Gasteiger partial charge in [0.1, 0.15) is 12.7 Å². The third-order valence-corrected chi connectivity index (χ3v) is 4.89. The van der Waals surface area contributed by atoms with Gasteiger partial charge in [0.2, 0.25) is 6.54 Å². The van der Waals surface area contributed by atoms with Crippen molar-refractivity contribution in [2.45, 2.75) is 31.5 Å². The van der Waals surface area contributed by atoms with Crippen molar-refractivity contribution in [2.75, 3.05) is 26.4 Å². The molecule has 0 aromatic carbocycles. The first-order chi connectivity index (χ1) is 8.63. The standard InChI is InChI=1S/C13H20NO3P/c1-5-13-8-10(2)11(9-15-13)12(13)17-18(4)16-7-6-14-3/h11-12H,2,5-9H2,1,4H3. The predicted molar refractivity (Wildman–Crippen MR) is 71.4 cm³/mol. The number of rotatable bonds is 6. The monoisotopic (exact) mass is 269 g/mol. The Morgan fingerprint density at radius 1 is 1.67 bits per heavy atom. The van der Waals surface area contributed by atoms with Crippen LogP contribution in [0.3, 0.4) is 0 Å². The molecule has 1 aliphatic heterocycles. The molecule has 2 rings (SSSR count). The third-order valence-electron chi connectivity index (χ3n) is 3.82. The second kappa shape index (κ2) is 5.67. The third kappa shape index (κ3) is 2.46. The van der Waals surface area contributed by atoms with E-state index in [4.69, 9.17) is 20.4 Å². The van der Waals surface area contributed by atoms with Crippen LogP contribution in [-0.4, -0.2) is 38.1 Å². The average molecular weight is 269 g/mol. The van der Waals surface area contributed by atoms with E-state index in [9.17, 15) is 0 Å². The van der Waals surface area contributed by atoms with Crippen LogP contribution in [0.4, 0.5) is 0 Å². The van der Waals surface area contributed by atoms with E-state index < -0.39 is 8.38 Å². The summed E-state index contributed by atoms with van der Waals surface area (Å²) in [6.45, 7) is 16.5. The summed E-state index contributed by atoms with van der Waals surface area (Å²) in [5, 5.41) is 0. The van der Waals surface area contributed by atoms with Crippen LogP contribution >= 0.6 is 8.38 Å². The molecule has 1 saturated heterocycles. The zero-order valence-electron chi connectivity index (χ0n) is 11.0. The van der Waals surface area contributed by atoms with E-state index in [0.29, 0.717) is 19.1 Å². The van der Waals surface area contributed by atoms with Gasteiger partial charge in [-0.3, -0.25) is 0 Å². The van der Waals surface area contributed by atoms with Gasteiger partial charge in [-0.15, -0.1) is 0 Å². The molecule has 2 fully saturated rings. The minimum Gasteiger partial charge on any atom is -0.371 e. The van der Waals surface area contributed by atoms with E-state index in [1.807, 2.05) is 6.66 Å². The van der Waals surface area contributed by atoms with Crippen molar-refractivity contribution >= 4 is 8.38 Å². The summed E-state index contributed by atoms with van der Waals surface area (Å²) in [4.78, 5) is 3.26. The van der Waals surface area contributed by atoms with Gasteiger partial charge in [0.05, 0.1) is 12.2 Å². The number of hydrogen-bond acceptors (Lipinski definition) is 3. The Morgan fingerprint density at radius 3 is 3.06 bits per heavy atom. The maximum absolute atomic E-state index is 6.71. The van der Waals surface area contributed by atoms with Gasteiger partial charge in [0, 0.05) is 19.0 Å². The molecule has 100 valence electrons. The number of hydrogen-bond donors (Lipinski definition) is 0. The lowest BCUT2D eigenvalue weighted by Gasteiger charge is -2.30. The van der Waals surface area contributed by atoms with Crippen molar-refractivity contribution in [3.63, 3.8) is 0 Å². The highest BCUT2D eigenvalue weighted by Crippen LogP contribution is 2.54. The van der Waals surface area contributed by atoms with Gasteiger partial charge in [-0.05, 0) is 6.42 Å². The minimum atomic E-state index is -0.937. The average Bonchev–Trinajstić information content (AvgIpc) is 2.81. The van der Waals surface area contributed by atoms with Crippen LogP contribution in [0.15, 0.2) is 12.2 Å². The van der Waals surface area contributed by atoms with Gasteiger partial charge < -0.3 is 18.6 Å². The highest BCUT2D eigenvalue weighted by Gasteiger charge is 2.57. The SMILES string of the molecule is [C-]#[N+]CCOP(C)OC1C2COC1(CC)CC2=C. The summed E-state index contributed by atoms with van der Waals surface area (Å²) in [6.07, 6.45) is 1.93. The normalized spacial score (nSPS) is 35.7. The molecule has 2 aliphatic rings. The first-order valence-corrected chi connectivity index (χ1v) is 7.93. The quantitative estimate of drug-likeness (QED) is 0.321. The first-order valence-electron chi connectivity index (χ1n) is 6.31. The smallest absolute Gasteiger partial charge is 0.238 e. The molecule has 4 atom stereocenters. The number of fused-ring (bicyclic) bond motifs is 2. The van der Waals surface area contributed by atoms with Gasteiger partial charge in [-0.1, -0.05) is 19.1 Å². The predicted octanol–water partition coefficient (Wildman–Crippen LogP) is 3.00. The van der Waals surface area contributed by atoms with Gasteiger partial charge in [0.25, 0.3) is 0 Å². The highest BCUT2D eigenvalue weighted by atomic mass is 31.2. The molecule has 1 aliphatic carbocycles. The van der Waals surface area contributed by atoms with Crippen molar-refractivity contribution in [3.8, 4) is 0 Å². The van der Waals surface area contributed by atoms with E-state index in [2.05, 4.69) is 18.3 Å². The summed E-state index contributed by atoms with van der Waals surface area (Å²) in [7, 11) is -0.937. The van der Waals surface area contributed by atoms with Crippen molar-refractivity contribution in [1.29, 1.82) is 0 Å². The Labute approximate surface area is 110 Å². The fourth-order valence-electron chi connectivity index (χ4n) is 2.79. The second-order valence-corrected chi connectivity index (χ2v) is 6.20. The lowest BCUT2D eigenvalue weighted by molar-refractivity contribution is -0.0466. The summed E-state index contributed by atoms with van der Waals surface area (Å²) >= 11 is 0. The molecule has 0 radical (unpaired) electrons. The van der Waals surface area contributed by atoms with Gasteiger partial charge in [-0.2, -0.15) is 0 Å². The summed E-state index contributed by atoms with van der Waals surface area (Å²) < 4.78 is 17.5. The zero-order chi connectivity index (χ0) is 13.2. The molecular formula is C13H20NO3P. The molecule has 0 N–H and O–H groups in total. The summed E-state index contributed by atoms with van der Waals surface area (Å²) in [5.74, 6) is 0.319. The topological polar surface area (TPSA) is 32.0 Å². The second-order valence-electron chi connectivity index (χ2n) is 4.85. The van der Waals surface area contributed by atoms with E-state index in [1.54, 1.807) is 0 Å². The van der Waals surface area contributed by atoms with Gasteiger partial charge in [-0.25, -0.2) is 6.57 Å². The highest BCUT2D eigenvalue weighted by molar-refractivity contribution is 7.46. The molecule has 1 saturated carbocycles. The van der Waals surface area contributed by atoms with E-state index in [1.165, 1.54) is 5.57 Å². The van der Waals surface area contributed by atoms with Crippen LogP contribution in [0.2, 0.25) is 0 Å². The Morgan fingerprint density at radius 2 is 2.44 bits per heavy atom. The molecule has 0 amide bonds. The maximum atomic E-state index is 6.71. The lowest BCUT2D eigenvalue weighted by Crippen LogP contribution is -2.36. The van der Waals surface area contributed by atoms with Crippen molar-refractivity contribution in [2.24, 2.45) is 5.92 Å². The van der Waals surface area contributed by atoms with Crippen LogP contribution in [0.5, 0.6) is 0 Å². The zero-order valence-corrected chi connectivity index (χ0v) is 11.9. The molecule has 2 bridgehead atoms. The Bertz CT molecular complexity index is 368. The first kappa shape index (κ1) is 14.0. The Hall–Kier alpha value is -0.460. The van der Waals surface area contributed by atoms with Crippen LogP contribution in [0, 0.1) is 12.5 Å². The Balaban J connectivity index is 1.93. The van der Waals surface area contributed by atoms with E-state index >= 15 is 0 Å². The maximum Gasteiger partial charge on any atom is 0.238 e. The van der Waals surface area contributed by atoms with Crippen LogP contribution in [-0.2, 0) is 13.8 Å². The molecular weight excluding hydrogens is 249 g/mol. The number of ether oxygens (including phenoxy) is 1. The van der Waals surface area contributed by atoms with E-state index in [-0.39, 0.29) is 11.7 Å². The minimum absolute atomic E-state index is 0.0825. The lowest BCUT2D eigenvalue weighted by atomic mass is 9.96. The molecule has 4 nitrogen and oxygen atoms in total. The molecule has 5 heteroatoms. The molecule has 0 spiro atoms. The fraction of sp³-hybridized carbons (Fsp3) is 0.769. The van der Waals surface area contributed by atoms with Crippen LogP contribution in [0.25, 0.3) is 4.85 Å². The molecule has 0 aromatic heterocycles. The van der Waals surface area contributed by atoms with Crippen molar-refractivity contribution in [3.05, 3.63) is 23.6 Å². The van der Waals surface area contributed by atoms with Crippen molar-refractivity contribution in [1.82, 2.24) is 0 Å². The molecule has 4 unspecified atom stereocenters. The molecule has 0 aromatic rings. The van der Waals surface area contributed by atoms with Crippen LogP contribution < -0.4 is 0 Å².